The average Bonchev–Trinajstić information content (AvgIpc) is 2.91. The first kappa shape index (κ1) is 10.6. The molecule has 0 unspecified atom stereocenters. The fraction of sp³-hybridized carbons (Fsp3) is 0.500. The molecule has 2 heteroatoms. The van der Waals surface area contributed by atoms with Gasteiger partial charge in [0.05, 0.1) is 6.61 Å². The molecule has 1 aliphatic carbocycles. The van der Waals surface area contributed by atoms with E-state index in [0.29, 0.717) is 0 Å². The predicted octanol–water partition coefficient (Wildman–Crippen LogP) is 2.66. The van der Waals surface area contributed by atoms with Crippen molar-refractivity contribution in [3.05, 3.63) is 34.9 Å². The van der Waals surface area contributed by atoms with E-state index >= 15 is 0 Å². The van der Waals surface area contributed by atoms with E-state index in [4.69, 9.17) is 4.74 Å². The van der Waals surface area contributed by atoms with E-state index in [1.54, 1.807) is 5.57 Å². The number of hydrogen-bond acceptors (Lipinski definition) is 2. The minimum atomic E-state index is 0.866. The Bertz CT molecular complexity index is 514. The molecule has 1 saturated heterocycles. The monoisotopic (exact) mass is 241 g/mol. The van der Waals surface area contributed by atoms with Gasteiger partial charge in [-0.1, -0.05) is 12.1 Å². The highest BCUT2D eigenvalue weighted by atomic mass is 16.5. The molecule has 0 atom stereocenters. The third-order valence-corrected chi connectivity index (χ3v) is 4.50. The minimum Gasteiger partial charge on any atom is -0.493 e. The first-order valence-electron chi connectivity index (χ1n) is 7.11. The van der Waals surface area contributed by atoms with Gasteiger partial charge < -0.3 is 4.74 Å². The summed E-state index contributed by atoms with van der Waals surface area (Å²) in [5.41, 5.74) is 6.11. The molecule has 94 valence electrons. The zero-order valence-electron chi connectivity index (χ0n) is 10.7. The van der Waals surface area contributed by atoms with E-state index in [0.717, 1.165) is 25.3 Å². The molecule has 3 aliphatic rings. The second-order valence-corrected chi connectivity index (χ2v) is 5.56. The minimum absolute atomic E-state index is 0.866. The average molecular weight is 241 g/mol. The quantitative estimate of drug-likeness (QED) is 0.789. The topological polar surface area (TPSA) is 12.5 Å². The first-order chi connectivity index (χ1) is 8.92. The summed E-state index contributed by atoms with van der Waals surface area (Å²) in [5.74, 6) is 1.13. The summed E-state index contributed by atoms with van der Waals surface area (Å²) >= 11 is 0. The zero-order chi connectivity index (χ0) is 11.9. The van der Waals surface area contributed by atoms with Crippen LogP contribution in [0.15, 0.2) is 18.2 Å². The molecule has 18 heavy (non-hydrogen) atoms. The summed E-state index contributed by atoms with van der Waals surface area (Å²) < 4.78 is 5.69. The second-order valence-electron chi connectivity index (χ2n) is 5.56. The van der Waals surface area contributed by atoms with Gasteiger partial charge >= 0.3 is 0 Å². The number of benzene rings is 1. The lowest BCUT2D eigenvalue weighted by atomic mass is 9.98. The van der Waals surface area contributed by atoms with Crippen LogP contribution in [0.5, 0.6) is 5.75 Å². The van der Waals surface area contributed by atoms with Gasteiger partial charge in [-0.15, -0.1) is 0 Å². The molecular weight excluding hydrogens is 222 g/mol. The van der Waals surface area contributed by atoms with Gasteiger partial charge in [-0.05, 0) is 55.1 Å². The maximum Gasteiger partial charge on any atom is 0.123 e. The molecule has 2 aliphatic heterocycles. The van der Waals surface area contributed by atoms with Crippen LogP contribution in [0.2, 0.25) is 0 Å². The van der Waals surface area contributed by atoms with Crippen molar-refractivity contribution in [2.24, 2.45) is 0 Å². The molecule has 0 radical (unpaired) electrons. The molecule has 4 rings (SSSR count). The maximum atomic E-state index is 5.69. The lowest BCUT2D eigenvalue weighted by molar-refractivity contribution is 0.203. The van der Waals surface area contributed by atoms with Crippen molar-refractivity contribution in [2.45, 2.75) is 25.7 Å². The van der Waals surface area contributed by atoms with Crippen molar-refractivity contribution >= 4 is 5.57 Å². The van der Waals surface area contributed by atoms with Gasteiger partial charge in [0.1, 0.15) is 5.75 Å². The van der Waals surface area contributed by atoms with Gasteiger partial charge in [0, 0.05) is 18.5 Å². The predicted molar refractivity (Wildman–Crippen MR) is 73.0 cm³/mol. The molecule has 2 heterocycles. The Morgan fingerprint density at radius 1 is 1.17 bits per heavy atom. The van der Waals surface area contributed by atoms with Gasteiger partial charge in [-0.3, -0.25) is 4.90 Å². The number of aryl methyl sites for hydroxylation is 1. The van der Waals surface area contributed by atoms with Crippen LogP contribution in [0.3, 0.4) is 0 Å². The molecule has 1 fully saturated rings. The summed E-state index contributed by atoms with van der Waals surface area (Å²) in [4.78, 5) is 2.52. The van der Waals surface area contributed by atoms with Crippen molar-refractivity contribution in [3.8, 4) is 5.75 Å². The van der Waals surface area contributed by atoms with E-state index in [2.05, 4.69) is 23.1 Å². The van der Waals surface area contributed by atoms with Crippen LogP contribution < -0.4 is 4.74 Å². The Morgan fingerprint density at radius 3 is 2.94 bits per heavy atom. The SMILES string of the molecule is C(/CN1CCC1)=C1/CCc2ccc3c(c21)CCO3. The van der Waals surface area contributed by atoms with Crippen LogP contribution in [-0.2, 0) is 12.8 Å². The van der Waals surface area contributed by atoms with Crippen LogP contribution in [0.4, 0.5) is 0 Å². The van der Waals surface area contributed by atoms with Crippen molar-refractivity contribution in [2.75, 3.05) is 26.2 Å². The molecular formula is C16H19NO. The summed E-state index contributed by atoms with van der Waals surface area (Å²) in [7, 11) is 0. The van der Waals surface area contributed by atoms with Crippen molar-refractivity contribution < 1.29 is 4.74 Å². The van der Waals surface area contributed by atoms with Gasteiger partial charge in [0.2, 0.25) is 0 Å². The van der Waals surface area contributed by atoms with E-state index in [-0.39, 0.29) is 0 Å². The Kier molecular flexibility index (Phi) is 2.44. The highest BCUT2D eigenvalue weighted by Crippen LogP contribution is 2.41. The zero-order valence-corrected chi connectivity index (χ0v) is 10.7. The Hall–Kier alpha value is -1.28. The number of fused-ring (bicyclic) bond motifs is 3. The van der Waals surface area contributed by atoms with Crippen LogP contribution in [0, 0.1) is 0 Å². The standard InChI is InChI=1S/C16H19NO/c1-8-17(9-1)10-6-13-3-2-12-4-5-15-14(16(12)13)7-11-18-15/h4-6H,1-3,7-11H2/b13-6+. The third kappa shape index (κ3) is 1.59. The second kappa shape index (κ2) is 4.13. The van der Waals surface area contributed by atoms with Gasteiger partial charge in [-0.2, -0.15) is 0 Å². The lowest BCUT2D eigenvalue weighted by Gasteiger charge is -2.29. The number of nitrogens with zero attached hydrogens (tertiary/aromatic N) is 1. The number of allylic oxidation sites excluding steroid dienone is 1. The molecule has 1 aromatic carbocycles. The largest absolute Gasteiger partial charge is 0.493 e. The smallest absolute Gasteiger partial charge is 0.123 e. The Labute approximate surface area is 108 Å². The molecule has 1 aromatic rings. The fourth-order valence-electron chi connectivity index (χ4n) is 3.33. The molecule has 0 saturated carbocycles. The van der Waals surface area contributed by atoms with Crippen LogP contribution in [0.25, 0.3) is 5.57 Å². The van der Waals surface area contributed by atoms with Crippen LogP contribution in [-0.4, -0.2) is 31.1 Å². The summed E-state index contributed by atoms with van der Waals surface area (Å²) in [6.07, 6.45) is 7.38. The van der Waals surface area contributed by atoms with Crippen molar-refractivity contribution in [1.82, 2.24) is 4.90 Å². The number of hydrogen-bond donors (Lipinski definition) is 0. The summed E-state index contributed by atoms with van der Waals surface area (Å²) in [6, 6.07) is 4.43. The lowest BCUT2D eigenvalue weighted by Crippen LogP contribution is -2.37. The number of ether oxygens (including phenoxy) is 1. The van der Waals surface area contributed by atoms with Gasteiger partial charge in [-0.25, -0.2) is 0 Å². The van der Waals surface area contributed by atoms with E-state index in [1.807, 2.05) is 0 Å². The third-order valence-electron chi connectivity index (χ3n) is 4.50. The molecule has 0 spiro atoms. The number of rotatable bonds is 2. The van der Waals surface area contributed by atoms with Gasteiger partial charge in [0.15, 0.2) is 0 Å². The van der Waals surface area contributed by atoms with Crippen LogP contribution in [0.1, 0.15) is 29.5 Å². The normalized spacial score (nSPS) is 23.7. The summed E-state index contributed by atoms with van der Waals surface area (Å²) in [5, 5.41) is 0. The fourth-order valence-corrected chi connectivity index (χ4v) is 3.33. The maximum absolute atomic E-state index is 5.69. The Balaban J connectivity index is 1.68. The molecule has 2 nitrogen and oxygen atoms in total. The molecule has 0 N–H and O–H groups in total. The van der Waals surface area contributed by atoms with E-state index < -0.39 is 0 Å². The molecule has 0 bridgehead atoms. The van der Waals surface area contributed by atoms with Gasteiger partial charge in [0.25, 0.3) is 0 Å². The molecule has 0 aromatic heterocycles. The van der Waals surface area contributed by atoms with Crippen molar-refractivity contribution in [3.63, 3.8) is 0 Å². The van der Waals surface area contributed by atoms with E-state index in [1.165, 1.54) is 49.0 Å². The highest BCUT2D eigenvalue weighted by Gasteiger charge is 2.25. The highest BCUT2D eigenvalue weighted by molar-refractivity contribution is 5.77. The molecule has 0 amide bonds. The van der Waals surface area contributed by atoms with Crippen LogP contribution >= 0.6 is 0 Å². The summed E-state index contributed by atoms with van der Waals surface area (Å²) in [6.45, 7) is 4.57. The van der Waals surface area contributed by atoms with E-state index in [9.17, 15) is 0 Å². The number of likely N-dealkylation sites (tertiary alicyclic amines) is 1. The van der Waals surface area contributed by atoms with Crippen molar-refractivity contribution in [1.29, 1.82) is 0 Å². The Morgan fingerprint density at radius 2 is 2.11 bits per heavy atom. The first-order valence-corrected chi connectivity index (χ1v) is 7.11.